The minimum Gasteiger partial charge on any atom is -0.489 e. The van der Waals surface area contributed by atoms with E-state index in [-0.39, 0.29) is 57.6 Å². The zero-order chi connectivity index (χ0) is 25.8. The van der Waals surface area contributed by atoms with Gasteiger partial charge in [0, 0.05) is 13.0 Å². The Hall–Kier alpha value is -1.92. The second kappa shape index (κ2) is 9.43. The van der Waals surface area contributed by atoms with Crippen molar-refractivity contribution in [3.8, 4) is 11.8 Å². The number of nitrogens with zero attached hydrogens (tertiary/aromatic N) is 4. The minimum atomic E-state index is -4.59. The van der Waals surface area contributed by atoms with E-state index in [2.05, 4.69) is 25.9 Å². The standard InChI is InChI=1S/C23H23BrClF5N4O2/c1-2-4-13-9-35-19-14-18(17(27)15(24)16(19)25)31-21(32-20(14)34(13)10-23(28,29)30)36-11-22-5-3-6-33(22)8-12(26)7-22/h2,4,12-13H,3,5-11H2,1H3/b4-2+/t12-,13+,22+/m1/s1. The molecule has 0 saturated carbocycles. The van der Waals surface area contributed by atoms with Crippen molar-refractivity contribution < 1.29 is 31.4 Å². The lowest BCUT2D eigenvalue weighted by Crippen LogP contribution is -2.44. The predicted octanol–water partition coefficient (Wildman–Crippen LogP) is 5.85. The third-order valence-electron chi connectivity index (χ3n) is 6.96. The number of hydrogen-bond donors (Lipinski definition) is 0. The number of aromatic nitrogens is 2. The molecule has 5 rings (SSSR count). The van der Waals surface area contributed by atoms with Gasteiger partial charge < -0.3 is 14.4 Å². The normalized spacial score (nSPS) is 26.5. The van der Waals surface area contributed by atoms with Gasteiger partial charge in [-0.1, -0.05) is 23.8 Å². The molecule has 2 aromatic rings. The molecule has 3 atom stereocenters. The Labute approximate surface area is 217 Å². The summed E-state index contributed by atoms with van der Waals surface area (Å²) in [6.45, 7) is 1.19. The Balaban J connectivity index is 1.64. The van der Waals surface area contributed by atoms with Gasteiger partial charge in [0.1, 0.15) is 42.3 Å². The van der Waals surface area contributed by atoms with Gasteiger partial charge in [-0.05, 0) is 42.2 Å². The van der Waals surface area contributed by atoms with Crippen LogP contribution in [0.2, 0.25) is 5.02 Å². The Kier molecular flexibility index (Phi) is 6.74. The van der Waals surface area contributed by atoms with E-state index in [0.717, 1.165) is 17.9 Å². The first kappa shape index (κ1) is 25.7. The number of halogens is 7. The van der Waals surface area contributed by atoms with E-state index in [9.17, 15) is 17.6 Å². The second-order valence-corrected chi connectivity index (χ2v) is 10.5. The minimum absolute atomic E-state index is 0.0164. The maximum atomic E-state index is 15.4. The molecular formula is C23H23BrClF5N4O2. The highest BCUT2D eigenvalue weighted by atomic mass is 79.9. The molecule has 0 radical (unpaired) electrons. The van der Waals surface area contributed by atoms with Crippen LogP contribution < -0.4 is 14.4 Å². The Morgan fingerprint density at radius 1 is 1.33 bits per heavy atom. The number of ether oxygens (including phenoxy) is 2. The highest BCUT2D eigenvalue weighted by molar-refractivity contribution is 9.10. The van der Waals surface area contributed by atoms with Gasteiger partial charge in [-0.25, -0.2) is 8.78 Å². The SMILES string of the molecule is C/C=C/[C@H]1COc2c(Cl)c(Br)c(F)c3nc(OC[C@@]45CCCN4C[C@H](F)C5)nc(c23)N1CC(F)(F)F. The molecule has 196 valence electrons. The van der Waals surface area contributed by atoms with Crippen LogP contribution in [0.4, 0.5) is 27.8 Å². The zero-order valence-electron chi connectivity index (χ0n) is 19.2. The maximum Gasteiger partial charge on any atom is 0.405 e. The van der Waals surface area contributed by atoms with Crippen molar-refractivity contribution in [2.45, 2.75) is 50.1 Å². The van der Waals surface area contributed by atoms with Crippen molar-refractivity contribution in [2.24, 2.45) is 0 Å². The van der Waals surface area contributed by atoms with Gasteiger partial charge in [0.2, 0.25) is 0 Å². The van der Waals surface area contributed by atoms with Gasteiger partial charge in [-0.15, -0.1) is 0 Å². The number of allylic oxidation sites excluding steroid dienone is 1. The first-order chi connectivity index (χ1) is 17.0. The summed E-state index contributed by atoms with van der Waals surface area (Å²) in [5.41, 5.74) is -0.830. The first-order valence-electron chi connectivity index (χ1n) is 11.5. The molecule has 2 saturated heterocycles. The van der Waals surface area contributed by atoms with E-state index in [4.69, 9.17) is 21.1 Å². The fraction of sp³-hybridized carbons (Fsp3) is 0.565. The number of rotatable bonds is 5. The van der Waals surface area contributed by atoms with Gasteiger partial charge in [-0.2, -0.15) is 23.1 Å². The lowest BCUT2D eigenvalue weighted by Gasteiger charge is -2.32. The fourth-order valence-corrected chi connectivity index (χ4v) is 6.04. The summed E-state index contributed by atoms with van der Waals surface area (Å²) in [5, 5.41) is -0.207. The molecule has 2 fully saturated rings. The van der Waals surface area contributed by atoms with E-state index in [1.807, 2.05) is 4.90 Å². The number of fused-ring (bicyclic) bond motifs is 1. The molecule has 36 heavy (non-hydrogen) atoms. The average Bonchev–Trinajstić information content (AvgIpc) is 3.29. The van der Waals surface area contributed by atoms with Gasteiger partial charge in [0.15, 0.2) is 11.6 Å². The third kappa shape index (κ3) is 4.49. The molecule has 1 aromatic heterocycles. The molecule has 3 aliphatic heterocycles. The monoisotopic (exact) mass is 596 g/mol. The Bertz CT molecular complexity index is 1220. The number of anilines is 1. The first-order valence-corrected chi connectivity index (χ1v) is 12.7. The second-order valence-electron chi connectivity index (χ2n) is 9.34. The maximum absolute atomic E-state index is 15.4. The van der Waals surface area contributed by atoms with Crippen LogP contribution in [0.3, 0.4) is 0 Å². The molecular weight excluding hydrogens is 575 g/mol. The molecule has 0 bridgehead atoms. The van der Waals surface area contributed by atoms with Crippen LogP contribution >= 0.6 is 27.5 Å². The van der Waals surface area contributed by atoms with Crippen LogP contribution in [0.1, 0.15) is 26.2 Å². The van der Waals surface area contributed by atoms with Gasteiger partial charge in [0.05, 0.1) is 21.4 Å². The summed E-state index contributed by atoms with van der Waals surface area (Å²) in [5.74, 6) is -1.10. The highest BCUT2D eigenvalue weighted by Gasteiger charge is 2.49. The van der Waals surface area contributed by atoms with Crippen LogP contribution in [0.15, 0.2) is 16.6 Å². The van der Waals surface area contributed by atoms with Crippen LogP contribution in [0, 0.1) is 5.82 Å². The molecule has 3 aliphatic rings. The Morgan fingerprint density at radius 2 is 2.11 bits per heavy atom. The topological polar surface area (TPSA) is 50.7 Å². The summed E-state index contributed by atoms with van der Waals surface area (Å²) < 4.78 is 82.1. The van der Waals surface area contributed by atoms with Crippen LogP contribution in [0.25, 0.3) is 10.9 Å². The summed E-state index contributed by atoms with van der Waals surface area (Å²) in [7, 11) is 0. The van der Waals surface area contributed by atoms with Crippen molar-refractivity contribution in [1.29, 1.82) is 0 Å². The van der Waals surface area contributed by atoms with E-state index in [1.54, 1.807) is 19.1 Å². The number of hydrogen-bond acceptors (Lipinski definition) is 6. The number of benzene rings is 1. The molecule has 0 aliphatic carbocycles. The largest absolute Gasteiger partial charge is 0.489 e. The van der Waals surface area contributed by atoms with Gasteiger partial charge >= 0.3 is 12.2 Å². The van der Waals surface area contributed by atoms with Crippen molar-refractivity contribution >= 4 is 44.3 Å². The van der Waals surface area contributed by atoms with Crippen LogP contribution in [-0.2, 0) is 0 Å². The van der Waals surface area contributed by atoms with Crippen LogP contribution in [-0.4, -0.2) is 71.6 Å². The van der Waals surface area contributed by atoms with E-state index >= 15 is 4.39 Å². The Morgan fingerprint density at radius 3 is 2.83 bits per heavy atom. The molecule has 0 spiro atoms. The molecule has 13 heteroatoms. The predicted molar refractivity (Wildman–Crippen MR) is 128 cm³/mol. The zero-order valence-corrected chi connectivity index (χ0v) is 21.6. The van der Waals surface area contributed by atoms with Crippen LogP contribution in [0.5, 0.6) is 11.8 Å². The van der Waals surface area contributed by atoms with Crippen molar-refractivity contribution in [3.63, 3.8) is 0 Å². The smallest absolute Gasteiger partial charge is 0.405 e. The lowest BCUT2D eigenvalue weighted by atomic mass is 9.95. The van der Waals surface area contributed by atoms with Crippen molar-refractivity contribution in [1.82, 2.24) is 14.9 Å². The van der Waals surface area contributed by atoms with E-state index in [0.29, 0.717) is 13.0 Å². The van der Waals surface area contributed by atoms with E-state index < -0.39 is 36.3 Å². The van der Waals surface area contributed by atoms with Crippen molar-refractivity contribution in [3.05, 3.63) is 27.5 Å². The highest BCUT2D eigenvalue weighted by Crippen LogP contribution is 2.47. The molecule has 0 amide bonds. The summed E-state index contributed by atoms with van der Waals surface area (Å²) in [6.07, 6.45) is -0.567. The summed E-state index contributed by atoms with van der Waals surface area (Å²) in [4.78, 5) is 11.5. The van der Waals surface area contributed by atoms with Crippen molar-refractivity contribution in [2.75, 3.05) is 37.7 Å². The van der Waals surface area contributed by atoms with Gasteiger partial charge in [0.25, 0.3) is 0 Å². The number of alkyl halides is 4. The van der Waals surface area contributed by atoms with Gasteiger partial charge in [-0.3, -0.25) is 4.90 Å². The average molecular weight is 598 g/mol. The lowest BCUT2D eigenvalue weighted by molar-refractivity contribution is -0.120. The summed E-state index contributed by atoms with van der Waals surface area (Å²) >= 11 is 9.42. The summed E-state index contributed by atoms with van der Waals surface area (Å²) in [6, 6.07) is -1.17. The quantitative estimate of drug-likeness (QED) is 0.245. The molecule has 0 unspecified atom stereocenters. The fourth-order valence-electron chi connectivity index (χ4n) is 5.44. The molecule has 6 nitrogen and oxygen atoms in total. The third-order valence-corrected chi connectivity index (χ3v) is 8.29. The molecule has 0 N–H and O–H groups in total. The molecule has 4 heterocycles. The van der Waals surface area contributed by atoms with E-state index in [1.165, 1.54) is 0 Å². The molecule has 1 aromatic carbocycles.